The minimum absolute atomic E-state index is 0.107. The van der Waals surface area contributed by atoms with E-state index in [1.54, 1.807) is 6.92 Å². The second kappa shape index (κ2) is 3.87. The van der Waals surface area contributed by atoms with E-state index in [4.69, 9.17) is 16.0 Å². The zero-order valence-corrected chi connectivity index (χ0v) is 8.78. The molecule has 0 saturated carbocycles. The van der Waals surface area contributed by atoms with E-state index in [1.807, 2.05) is 30.3 Å². The van der Waals surface area contributed by atoms with E-state index in [9.17, 15) is 4.79 Å². The van der Waals surface area contributed by atoms with E-state index in [-0.39, 0.29) is 5.76 Å². The highest BCUT2D eigenvalue weighted by molar-refractivity contribution is 6.67. The average Bonchev–Trinajstić information content (AvgIpc) is 2.62. The number of aromatic nitrogens is 1. The molecule has 3 nitrogen and oxygen atoms in total. The Labute approximate surface area is 91.7 Å². The number of oxazole rings is 1. The first-order chi connectivity index (χ1) is 7.18. The largest absolute Gasteiger partial charge is 0.431 e. The van der Waals surface area contributed by atoms with Gasteiger partial charge in [-0.25, -0.2) is 4.98 Å². The molecular formula is C11H8ClNO2. The van der Waals surface area contributed by atoms with Crippen LogP contribution in [0.1, 0.15) is 16.2 Å². The summed E-state index contributed by atoms with van der Waals surface area (Å²) < 4.78 is 5.27. The maximum absolute atomic E-state index is 10.9. The van der Waals surface area contributed by atoms with Crippen molar-refractivity contribution in [2.45, 2.75) is 6.92 Å². The monoisotopic (exact) mass is 221 g/mol. The number of rotatable bonds is 2. The number of benzene rings is 1. The summed E-state index contributed by atoms with van der Waals surface area (Å²) >= 11 is 5.34. The molecule has 0 bridgehead atoms. The highest BCUT2D eigenvalue weighted by Crippen LogP contribution is 2.22. The van der Waals surface area contributed by atoms with Crippen LogP contribution in [-0.4, -0.2) is 10.2 Å². The highest BCUT2D eigenvalue weighted by Gasteiger charge is 2.15. The standard InChI is InChI=1S/C11H8ClNO2/c1-7-9(10(12)14)15-11(13-7)8-5-3-2-4-6-8/h2-6H,1H3. The summed E-state index contributed by atoms with van der Waals surface area (Å²) in [6.45, 7) is 1.69. The zero-order valence-electron chi connectivity index (χ0n) is 8.03. The van der Waals surface area contributed by atoms with E-state index in [0.717, 1.165) is 5.56 Å². The summed E-state index contributed by atoms with van der Waals surface area (Å²) in [6.07, 6.45) is 0. The van der Waals surface area contributed by atoms with Crippen molar-refractivity contribution in [1.29, 1.82) is 0 Å². The van der Waals surface area contributed by atoms with Gasteiger partial charge in [0.05, 0.1) is 5.69 Å². The quantitative estimate of drug-likeness (QED) is 0.732. The van der Waals surface area contributed by atoms with E-state index >= 15 is 0 Å². The van der Waals surface area contributed by atoms with Gasteiger partial charge >= 0.3 is 0 Å². The average molecular weight is 222 g/mol. The van der Waals surface area contributed by atoms with Crippen molar-refractivity contribution in [2.24, 2.45) is 0 Å². The first-order valence-corrected chi connectivity index (χ1v) is 4.79. The molecule has 0 aliphatic carbocycles. The third kappa shape index (κ3) is 1.92. The predicted octanol–water partition coefficient (Wildman–Crippen LogP) is 3.03. The van der Waals surface area contributed by atoms with Gasteiger partial charge in [0.15, 0.2) is 0 Å². The number of aryl methyl sites for hydroxylation is 1. The van der Waals surface area contributed by atoms with E-state index in [0.29, 0.717) is 11.6 Å². The normalized spacial score (nSPS) is 10.3. The maximum Gasteiger partial charge on any atom is 0.289 e. The van der Waals surface area contributed by atoms with Crippen molar-refractivity contribution in [1.82, 2.24) is 4.98 Å². The fourth-order valence-corrected chi connectivity index (χ4v) is 1.46. The molecular weight excluding hydrogens is 214 g/mol. The van der Waals surface area contributed by atoms with E-state index in [1.165, 1.54) is 0 Å². The van der Waals surface area contributed by atoms with Gasteiger partial charge in [-0.2, -0.15) is 0 Å². The lowest BCUT2D eigenvalue weighted by atomic mass is 10.2. The molecule has 0 spiro atoms. The first-order valence-electron chi connectivity index (χ1n) is 4.41. The lowest BCUT2D eigenvalue weighted by Crippen LogP contribution is -1.87. The Morgan fingerprint density at radius 2 is 2.00 bits per heavy atom. The van der Waals surface area contributed by atoms with Crippen LogP contribution in [0.3, 0.4) is 0 Å². The molecule has 2 aromatic rings. The molecule has 0 saturated heterocycles. The van der Waals surface area contributed by atoms with Gasteiger partial charge in [0.25, 0.3) is 5.24 Å². The molecule has 1 aromatic carbocycles. The minimum Gasteiger partial charge on any atom is -0.431 e. The molecule has 15 heavy (non-hydrogen) atoms. The summed E-state index contributed by atoms with van der Waals surface area (Å²) in [5.74, 6) is 0.521. The number of hydrogen-bond acceptors (Lipinski definition) is 3. The fraction of sp³-hybridized carbons (Fsp3) is 0.0909. The van der Waals surface area contributed by atoms with Crippen molar-refractivity contribution in [3.05, 3.63) is 41.8 Å². The Hall–Kier alpha value is -1.61. The maximum atomic E-state index is 10.9. The molecule has 0 aliphatic heterocycles. The number of hydrogen-bond donors (Lipinski definition) is 0. The summed E-state index contributed by atoms with van der Waals surface area (Å²) in [4.78, 5) is 15.1. The van der Waals surface area contributed by atoms with Crippen LogP contribution < -0.4 is 0 Å². The fourth-order valence-electron chi connectivity index (χ4n) is 1.28. The molecule has 0 fully saturated rings. The first kappa shape index (κ1) is 9.93. The smallest absolute Gasteiger partial charge is 0.289 e. The lowest BCUT2D eigenvalue weighted by Gasteiger charge is -1.92. The summed E-state index contributed by atoms with van der Waals surface area (Å²) in [7, 11) is 0. The number of carbonyl (C=O) groups is 1. The van der Waals surface area contributed by atoms with Crippen LogP contribution >= 0.6 is 11.6 Å². The lowest BCUT2D eigenvalue weighted by molar-refractivity contribution is 0.105. The Morgan fingerprint density at radius 3 is 2.53 bits per heavy atom. The van der Waals surface area contributed by atoms with Crippen LogP contribution in [0, 0.1) is 6.92 Å². The van der Waals surface area contributed by atoms with Crippen LogP contribution in [-0.2, 0) is 0 Å². The summed E-state index contributed by atoms with van der Waals surface area (Å²) in [5.41, 5.74) is 1.33. The van der Waals surface area contributed by atoms with Crippen molar-refractivity contribution in [3.63, 3.8) is 0 Å². The zero-order chi connectivity index (χ0) is 10.8. The Bertz CT molecular complexity index is 491. The molecule has 0 atom stereocenters. The molecule has 4 heteroatoms. The minimum atomic E-state index is -0.623. The molecule has 0 N–H and O–H groups in total. The second-order valence-electron chi connectivity index (χ2n) is 3.07. The van der Waals surface area contributed by atoms with Gasteiger partial charge in [-0.15, -0.1) is 0 Å². The van der Waals surface area contributed by atoms with Crippen molar-refractivity contribution < 1.29 is 9.21 Å². The van der Waals surface area contributed by atoms with Crippen molar-refractivity contribution >= 4 is 16.8 Å². The molecule has 1 aromatic heterocycles. The third-order valence-electron chi connectivity index (χ3n) is 2.00. The Kier molecular flexibility index (Phi) is 2.56. The van der Waals surface area contributed by atoms with E-state index < -0.39 is 5.24 Å². The van der Waals surface area contributed by atoms with Crippen LogP contribution in [0.5, 0.6) is 0 Å². The molecule has 2 rings (SSSR count). The van der Waals surface area contributed by atoms with Gasteiger partial charge in [-0.1, -0.05) is 18.2 Å². The Morgan fingerprint density at radius 1 is 1.33 bits per heavy atom. The predicted molar refractivity (Wildman–Crippen MR) is 56.9 cm³/mol. The topological polar surface area (TPSA) is 43.1 Å². The van der Waals surface area contributed by atoms with Gasteiger partial charge in [0.1, 0.15) is 0 Å². The molecule has 0 unspecified atom stereocenters. The van der Waals surface area contributed by atoms with Crippen molar-refractivity contribution in [3.8, 4) is 11.5 Å². The number of halogens is 1. The van der Waals surface area contributed by atoms with Crippen LogP contribution in [0.25, 0.3) is 11.5 Å². The highest BCUT2D eigenvalue weighted by atomic mass is 35.5. The number of nitrogens with zero attached hydrogens (tertiary/aromatic N) is 1. The summed E-state index contributed by atoms with van der Waals surface area (Å²) in [5, 5.41) is -0.623. The van der Waals surface area contributed by atoms with Crippen LogP contribution in [0.15, 0.2) is 34.7 Å². The SMILES string of the molecule is Cc1nc(-c2ccccc2)oc1C(=O)Cl. The second-order valence-corrected chi connectivity index (χ2v) is 3.42. The molecule has 0 radical (unpaired) electrons. The van der Waals surface area contributed by atoms with Gasteiger partial charge in [-0.05, 0) is 30.7 Å². The molecule has 0 aliphatic rings. The molecule has 0 amide bonds. The van der Waals surface area contributed by atoms with Crippen LogP contribution in [0.2, 0.25) is 0 Å². The van der Waals surface area contributed by atoms with Gasteiger partial charge in [-0.3, -0.25) is 4.79 Å². The van der Waals surface area contributed by atoms with Crippen molar-refractivity contribution in [2.75, 3.05) is 0 Å². The van der Waals surface area contributed by atoms with Gasteiger partial charge in [0.2, 0.25) is 11.7 Å². The molecule has 1 heterocycles. The molecule has 76 valence electrons. The van der Waals surface area contributed by atoms with Crippen LogP contribution in [0.4, 0.5) is 0 Å². The third-order valence-corrected chi connectivity index (χ3v) is 2.17. The van der Waals surface area contributed by atoms with Gasteiger partial charge in [0, 0.05) is 5.56 Å². The number of carbonyl (C=O) groups excluding carboxylic acids is 1. The summed E-state index contributed by atoms with van der Waals surface area (Å²) in [6, 6.07) is 9.35. The van der Waals surface area contributed by atoms with E-state index in [2.05, 4.69) is 4.98 Å². The Balaban J connectivity index is 2.48. The van der Waals surface area contributed by atoms with Gasteiger partial charge < -0.3 is 4.42 Å².